The molecule has 2 aliphatic heterocycles. The van der Waals surface area contributed by atoms with Crippen LogP contribution in [0.2, 0.25) is 0 Å². The normalized spacial score (nSPS) is 17.9. The van der Waals surface area contributed by atoms with Crippen LogP contribution in [0.4, 0.5) is 0 Å². The van der Waals surface area contributed by atoms with E-state index in [9.17, 15) is 4.79 Å². The average molecular weight is 410 g/mol. The molecule has 0 saturated carbocycles. The second kappa shape index (κ2) is 7.10. The number of para-hydroxylation sites is 1. The number of carbonyl (C=O) groups excluding carboxylic acids is 1. The van der Waals surface area contributed by atoms with E-state index < -0.39 is 5.91 Å². The minimum Gasteiger partial charge on any atom is -0.318 e. The van der Waals surface area contributed by atoms with E-state index in [4.69, 9.17) is 5.41 Å². The fraction of sp³-hybridized carbons (Fsp3) is 0.200. The highest BCUT2D eigenvalue weighted by Gasteiger charge is 2.35. The minimum atomic E-state index is -0.401. The van der Waals surface area contributed by atoms with Gasteiger partial charge in [-0.3, -0.25) is 10.2 Å². The van der Waals surface area contributed by atoms with Gasteiger partial charge in [0.1, 0.15) is 0 Å². The topological polar surface area (TPSA) is 73.8 Å². The number of aryl methyl sites for hydroxylation is 2. The average Bonchev–Trinajstić information content (AvgIpc) is 3.20. The van der Waals surface area contributed by atoms with Crippen molar-refractivity contribution in [2.24, 2.45) is 10.1 Å². The third-order valence-corrected chi connectivity index (χ3v) is 6.62. The molecule has 0 fully saturated rings. The van der Waals surface area contributed by atoms with E-state index in [1.54, 1.807) is 6.08 Å². The molecule has 0 radical (unpaired) electrons. The molecule has 28 heavy (non-hydrogen) atoms. The maximum atomic E-state index is 12.6. The van der Waals surface area contributed by atoms with Gasteiger partial charge in [-0.05, 0) is 68.1 Å². The summed E-state index contributed by atoms with van der Waals surface area (Å²) in [5.74, 6) is -0.339. The van der Waals surface area contributed by atoms with Crippen LogP contribution in [0.25, 0.3) is 11.8 Å². The van der Waals surface area contributed by atoms with E-state index in [1.807, 2.05) is 38.3 Å². The van der Waals surface area contributed by atoms with Crippen LogP contribution in [0, 0.1) is 26.2 Å². The van der Waals surface area contributed by atoms with Gasteiger partial charge >= 0.3 is 0 Å². The third-order valence-electron chi connectivity index (χ3n) is 4.74. The molecular formula is C20H19N5OS2. The Labute approximate surface area is 171 Å². The summed E-state index contributed by atoms with van der Waals surface area (Å²) in [7, 11) is 0. The first-order valence-corrected chi connectivity index (χ1v) is 10.7. The lowest BCUT2D eigenvalue weighted by atomic mass is 10.1. The zero-order chi connectivity index (χ0) is 20.0. The van der Waals surface area contributed by atoms with E-state index >= 15 is 0 Å². The molecule has 0 aliphatic carbocycles. The predicted octanol–water partition coefficient (Wildman–Crippen LogP) is 4.34. The first kappa shape index (κ1) is 18.8. The lowest BCUT2D eigenvalue weighted by Crippen LogP contribution is -2.35. The summed E-state index contributed by atoms with van der Waals surface area (Å²) < 4.78 is 2.94. The van der Waals surface area contributed by atoms with Gasteiger partial charge in [-0.25, -0.2) is 0 Å². The number of rotatable bonds is 2. The summed E-state index contributed by atoms with van der Waals surface area (Å²) in [6.45, 7) is 6.14. The number of hydrogen-bond acceptors (Lipinski definition) is 5. The maximum absolute atomic E-state index is 12.6. The number of fused-ring (bicyclic) bond motifs is 1. The van der Waals surface area contributed by atoms with E-state index in [0.717, 1.165) is 27.0 Å². The number of aliphatic imine (C=N–C) groups is 1. The van der Waals surface area contributed by atoms with Crippen LogP contribution in [0.15, 0.2) is 46.0 Å². The first-order valence-electron chi connectivity index (χ1n) is 8.70. The van der Waals surface area contributed by atoms with Crippen LogP contribution < -0.4 is 0 Å². The molecule has 1 aromatic carbocycles. The van der Waals surface area contributed by atoms with Crippen LogP contribution in [0.5, 0.6) is 0 Å². The fourth-order valence-corrected chi connectivity index (χ4v) is 4.68. The van der Waals surface area contributed by atoms with E-state index in [-0.39, 0.29) is 11.4 Å². The Hall–Kier alpha value is -2.58. The van der Waals surface area contributed by atoms with E-state index in [0.29, 0.717) is 5.17 Å². The molecule has 2 aromatic rings. The van der Waals surface area contributed by atoms with Gasteiger partial charge in [0.2, 0.25) is 5.17 Å². The van der Waals surface area contributed by atoms with Gasteiger partial charge < -0.3 is 4.57 Å². The standard InChI is InChI=1S/C20H19N5OS2/c1-11-7-5-6-8-16(11)24-12(2)9-14(13(24)3)10-15-17(21)25-19(22-18(15)26)28-20(23-25)27-4/h5-10,21H,1-4H3. The van der Waals surface area contributed by atoms with Gasteiger partial charge in [0.05, 0.1) is 5.57 Å². The molecule has 1 N–H and O–H groups in total. The van der Waals surface area contributed by atoms with Crippen LogP contribution in [-0.4, -0.2) is 37.1 Å². The minimum absolute atomic E-state index is 0.0623. The van der Waals surface area contributed by atoms with Crippen molar-refractivity contribution in [1.29, 1.82) is 5.41 Å². The number of aromatic nitrogens is 1. The van der Waals surface area contributed by atoms with Gasteiger partial charge in [0, 0.05) is 17.1 Å². The zero-order valence-electron chi connectivity index (χ0n) is 16.0. The highest BCUT2D eigenvalue weighted by molar-refractivity contribution is 8.45. The first-order chi connectivity index (χ1) is 13.4. The lowest BCUT2D eigenvalue weighted by molar-refractivity contribution is -0.114. The monoisotopic (exact) mass is 409 g/mol. The second-order valence-electron chi connectivity index (χ2n) is 6.54. The van der Waals surface area contributed by atoms with Gasteiger partial charge in [0.15, 0.2) is 10.2 Å². The molecule has 1 aromatic heterocycles. The van der Waals surface area contributed by atoms with Gasteiger partial charge in [-0.1, -0.05) is 18.2 Å². The predicted molar refractivity (Wildman–Crippen MR) is 119 cm³/mol. The van der Waals surface area contributed by atoms with Crippen molar-refractivity contribution in [3.63, 3.8) is 0 Å². The van der Waals surface area contributed by atoms with Crippen molar-refractivity contribution in [1.82, 2.24) is 9.58 Å². The molecule has 0 atom stereocenters. The Morgan fingerprint density at radius 2 is 1.96 bits per heavy atom. The number of hydrogen-bond donors (Lipinski definition) is 1. The fourth-order valence-electron chi connectivity index (χ4n) is 3.33. The number of nitrogens with zero attached hydrogens (tertiary/aromatic N) is 4. The number of benzene rings is 1. The highest BCUT2D eigenvalue weighted by Crippen LogP contribution is 2.32. The summed E-state index contributed by atoms with van der Waals surface area (Å²) in [6, 6.07) is 10.2. The van der Waals surface area contributed by atoms with Gasteiger partial charge in [0.25, 0.3) is 5.91 Å². The van der Waals surface area contributed by atoms with Crippen molar-refractivity contribution in [2.75, 3.05) is 6.26 Å². The van der Waals surface area contributed by atoms with Crippen molar-refractivity contribution < 1.29 is 4.79 Å². The molecule has 0 unspecified atom stereocenters. The zero-order valence-corrected chi connectivity index (χ0v) is 17.6. The van der Waals surface area contributed by atoms with Crippen LogP contribution in [0.3, 0.4) is 0 Å². The Morgan fingerprint density at radius 1 is 1.21 bits per heavy atom. The Kier molecular flexibility index (Phi) is 4.76. The Balaban J connectivity index is 1.78. The van der Waals surface area contributed by atoms with Crippen molar-refractivity contribution in [2.45, 2.75) is 20.8 Å². The number of amides is 1. The van der Waals surface area contributed by atoms with Crippen LogP contribution >= 0.6 is 23.5 Å². The molecule has 1 amide bonds. The summed E-state index contributed by atoms with van der Waals surface area (Å²) in [5.41, 5.74) is 5.51. The summed E-state index contributed by atoms with van der Waals surface area (Å²) in [5, 5.41) is 14.7. The molecule has 2 aliphatic rings. The second-order valence-corrected chi connectivity index (χ2v) is 8.55. The van der Waals surface area contributed by atoms with Crippen molar-refractivity contribution in [3.05, 3.63) is 58.4 Å². The Morgan fingerprint density at radius 3 is 2.68 bits per heavy atom. The SMILES string of the molecule is CSC1=NN2C(=N)C(=Cc3cc(C)n(-c4ccccc4C)c3C)C(=O)N=C2S1. The smallest absolute Gasteiger partial charge is 0.283 e. The number of hydrazone groups is 1. The largest absolute Gasteiger partial charge is 0.318 e. The summed E-state index contributed by atoms with van der Waals surface area (Å²) in [6.07, 6.45) is 3.66. The van der Waals surface area contributed by atoms with Gasteiger partial charge in [-0.2, -0.15) is 10.0 Å². The molecular weight excluding hydrogens is 390 g/mol. The highest BCUT2D eigenvalue weighted by atomic mass is 32.2. The van der Waals surface area contributed by atoms with Crippen LogP contribution in [0.1, 0.15) is 22.5 Å². The number of amidine groups is 2. The van der Waals surface area contributed by atoms with E-state index in [1.165, 1.54) is 34.1 Å². The molecule has 8 heteroatoms. The molecule has 6 nitrogen and oxygen atoms in total. The molecule has 0 bridgehead atoms. The third kappa shape index (κ3) is 3.02. The maximum Gasteiger partial charge on any atom is 0.283 e. The quantitative estimate of drug-likeness (QED) is 0.749. The number of nitrogens with one attached hydrogen (secondary N) is 1. The van der Waals surface area contributed by atoms with Gasteiger partial charge in [-0.15, -0.1) is 16.9 Å². The van der Waals surface area contributed by atoms with Crippen molar-refractivity contribution >= 4 is 50.9 Å². The summed E-state index contributed by atoms with van der Waals surface area (Å²) >= 11 is 2.79. The van der Waals surface area contributed by atoms with Crippen LogP contribution in [-0.2, 0) is 4.79 Å². The molecule has 0 spiro atoms. The molecule has 0 saturated heterocycles. The molecule has 142 valence electrons. The van der Waals surface area contributed by atoms with E-state index in [2.05, 4.69) is 33.7 Å². The van der Waals surface area contributed by atoms with Crippen molar-refractivity contribution in [3.8, 4) is 5.69 Å². The summed E-state index contributed by atoms with van der Waals surface area (Å²) in [4.78, 5) is 16.7. The number of thioether (sulfide) groups is 2. The Bertz CT molecular complexity index is 1110. The lowest BCUT2D eigenvalue weighted by Gasteiger charge is -2.20. The molecule has 4 rings (SSSR count). The number of carbonyl (C=O) groups is 1. The molecule has 3 heterocycles.